The van der Waals surface area contributed by atoms with Gasteiger partial charge in [-0.05, 0) is 30.7 Å². The van der Waals surface area contributed by atoms with Gasteiger partial charge in [0.05, 0.1) is 11.2 Å². The summed E-state index contributed by atoms with van der Waals surface area (Å²) in [5.74, 6) is -0.244. The maximum atomic E-state index is 13.0. The van der Waals surface area contributed by atoms with Crippen molar-refractivity contribution in [3.8, 4) is 0 Å². The number of aryl methyl sites for hydroxylation is 1. The van der Waals surface area contributed by atoms with Gasteiger partial charge in [-0.1, -0.05) is 30.3 Å². The molecule has 0 saturated carbocycles. The second-order valence-electron chi connectivity index (χ2n) is 5.14. The van der Waals surface area contributed by atoms with E-state index < -0.39 is 0 Å². The van der Waals surface area contributed by atoms with Crippen LogP contribution in [0.3, 0.4) is 0 Å². The van der Waals surface area contributed by atoms with Crippen molar-refractivity contribution in [2.45, 2.75) is 25.9 Å². The first-order chi connectivity index (χ1) is 10.2. The monoisotopic (exact) mass is 283 g/mol. The lowest BCUT2D eigenvalue weighted by atomic mass is 10.0. The minimum atomic E-state index is -0.244. The molecule has 1 heterocycles. The number of benzene rings is 2. The summed E-state index contributed by atoms with van der Waals surface area (Å²) in [6, 6.07) is 14.3. The highest BCUT2D eigenvalue weighted by molar-refractivity contribution is 5.82. The van der Waals surface area contributed by atoms with Crippen LogP contribution in [0, 0.1) is 5.82 Å². The minimum Gasteiger partial charge on any atom is -0.324 e. The Morgan fingerprint density at radius 1 is 1.14 bits per heavy atom. The molecule has 2 aromatic carbocycles. The third-order valence-corrected chi connectivity index (χ3v) is 3.75. The van der Waals surface area contributed by atoms with E-state index in [1.54, 1.807) is 12.1 Å². The summed E-state index contributed by atoms with van der Waals surface area (Å²) in [5, 5.41) is 5.79. The number of fused-ring (bicyclic) bond motifs is 1. The minimum absolute atomic E-state index is 0.186. The van der Waals surface area contributed by atoms with Crippen LogP contribution in [0.15, 0.2) is 48.5 Å². The molecule has 0 bridgehead atoms. The highest BCUT2D eigenvalue weighted by Crippen LogP contribution is 2.23. The molecule has 1 aromatic heterocycles. The summed E-state index contributed by atoms with van der Waals surface area (Å²) in [5.41, 5.74) is 9.29. The van der Waals surface area contributed by atoms with Crippen LogP contribution in [-0.2, 0) is 13.0 Å². The van der Waals surface area contributed by atoms with Crippen LogP contribution in [0.1, 0.15) is 24.2 Å². The van der Waals surface area contributed by atoms with E-state index in [0.717, 1.165) is 28.7 Å². The van der Waals surface area contributed by atoms with Crippen molar-refractivity contribution < 1.29 is 4.39 Å². The van der Waals surface area contributed by atoms with E-state index in [2.05, 4.69) is 24.2 Å². The summed E-state index contributed by atoms with van der Waals surface area (Å²) in [6.45, 7) is 2.90. The average Bonchev–Trinajstić information content (AvgIpc) is 2.86. The standard InChI is InChI=1S/C17H18FN3/c1-2-21-17-6-4-3-5-14(17)16(20-21)11-15(19)12-7-9-13(18)10-8-12/h3-10,15H,2,11,19H2,1H3. The molecule has 3 rings (SSSR count). The Kier molecular flexibility index (Phi) is 3.71. The average molecular weight is 283 g/mol. The van der Waals surface area contributed by atoms with Gasteiger partial charge in [-0.25, -0.2) is 4.39 Å². The highest BCUT2D eigenvalue weighted by atomic mass is 19.1. The summed E-state index contributed by atoms with van der Waals surface area (Å²) in [6.07, 6.45) is 0.638. The summed E-state index contributed by atoms with van der Waals surface area (Å²) in [4.78, 5) is 0. The van der Waals surface area contributed by atoms with Crippen molar-refractivity contribution in [2.24, 2.45) is 5.73 Å². The molecule has 0 aliphatic heterocycles. The normalized spacial score (nSPS) is 12.7. The Balaban J connectivity index is 1.92. The maximum absolute atomic E-state index is 13.0. The van der Waals surface area contributed by atoms with Gasteiger partial charge in [0.15, 0.2) is 0 Å². The van der Waals surface area contributed by atoms with Gasteiger partial charge in [-0.3, -0.25) is 4.68 Å². The number of nitrogens with zero attached hydrogens (tertiary/aromatic N) is 2. The lowest BCUT2D eigenvalue weighted by Gasteiger charge is -2.10. The van der Waals surface area contributed by atoms with E-state index >= 15 is 0 Å². The molecule has 0 saturated heterocycles. The summed E-state index contributed by atoms with van der Waals surface area (Å²) < 4.78 is 15.0. The number of hydrogen-bond donors (Lipinski definition) is 1. The quantitative estimate of drug-likeness (QED) is 0.797. The lowest BCUT2D eigenvalue weighted by molar-refractivity contribution is 0.621. The van der Waals surface area contributed by atoms with Gasteiger partial charge in [0.2, 0.25) is 0 Å². The van der Waals surface area contributed by atoms with E-state index in [1.807, 2.05) is 16.8 Å². The fourth-order valence-corrected chi connectivity index (χ4v) is 2.62. The first-order valence-electron chi connectivity index (χ1n) is 7.14. The van der Waals surface area contributed by atoms with Crippen molar-refractivity contribution >= 4 is 10.9 Å². The maximum Gasteiger partial charge on any atom is 0.123 e. The van der Waals surface area contributed by atoms with Crippen LogP contribution < -0.4 is 5.73 Å². The molecule has 108 valence electrons. The van der Waals surface area contributed by atoms with Crippen molar-refractivity contribution in [3.63, 3.8) is 0 Å². The van der Waals surface area contributed by atoms with E-state index in [1.165, 1.54) is 12.1 Å². The zero-order valence-corrected chi connectivity index (χ0v) is 12.0. The lowest BCUT2D eigenvalue weighted by Crippen LogP contribution is -2.14. The predicted octanol–water partition coefficient (Wildman–Crippen LogP) is 3.44. The van der Waals surface area contributed by atoms with E-state index in [0.29, 0.717) is 6.42 Å². The number of hydrogen-bond acceptors (Lipinski definition) is 2. The Morgan fingerprint density at radius 3 is 2.57 bits per heavy atom. The predicted molar refractivity (Wildman–Crippen MR) is 82.4 cm³/mol. The highest BCUT2D eigenvalue weighted by Gasteiger charge is 2.14. The van der Waals surface area contributed by atoms with Crippen LogP contribution in [0.25, 0.3) is 10.9 Å². The van der Waals surface area contributed by atoms with Crippen LogP contribution in [0.5, 0.6) is 0 Å². The fourth-order valence-electron chi connectivity index (χ4n) is 2.62. The van der Waals surface area contributed by atoms with Gasteiger partial charge >= 0.3 is 0 Å². The molecular weight excluding hydrogens is 265 g/mol. The third-order valence-electron chi connectivity index (χ3n) is 3.75. The van der Waals surface area contributed by atoms with Gasteiger partial charge < -0.3 is 5.73 Å². The second-order valence-corrected chi connectivity index (χ2v) is 5.14. The smallest absolute Gasteiger partial charge is 0.123 e. The zero-order chi connectivity index (χ0) is 14.8. The zero-order valence-electron chi connectivity index (χ0n) is 12.0. The molecule has 0 aliphatic rings. The molecule has 1 unspecified atom stereocenters. The Labute approximate surface area is 123 Å². The third kappa shape index (κ3) is 2.67. The SMILES string of the molecule is CCn1nc(CC(N)c2ccc(F)cc2)c2ccccc21. The number of para-hydroxylation sites is 1. The van der Waals surface area contributed by atoms with Crippen LogP contribution in [-0.4, -0.2) is 9.78 Å². The summed E-state index contributed by atoms with van der Waals surface area (Å²) >= 11 is 0. The van der Waals surface area contributed by atoms with E-state index in [-0.39, 0.29) is 11.9 Å². The van der Waals surface area contributed by atoms with E-state index in [4.69, 9.17) is 5.73 Å². The van der Waals surface area contributed by atoms with Crippen LogP contribution in [0.4, 0.5) is 4.39 Å². The van der Waals surface area contributed by atoms with Crippen molar-refractivity contribution in [2.75, 3.05) is 0 Å². The number of aromatic nitrogens is 2. The molecule has 0 radical (unpaired) electrons. The Bertz CT molecular complexity index is 746. The van der Waals surface area contributed by atoms with Crippen molar-refractivity contribution in [1.82, 2.24) is 9.78 Å². The molecule has 21 heavy (non-hydrogen) atoms. The fraction of sp³-hybridized carbons (Fsp3) is 0.235. The van der Waals surface area contributed by atoms with Crippen molar-refractivity contribution in [3.05, 3.63) is 65.6 Å². The van der Waals surface area contributed by atoms with Crippen LogP contribution in [0.2, 0.25) is 0 Å². The van der Waals surface area contributed by atoms with Gasteiger partial charge in [-0.15, -0.1) is 0 Å². The molecule has 0 amide bonds. The molecule has 0 spiro atoms. The molecule has 4 heteroatoms. The number of halogens is 1. The molecule has 2 N–H and O–H groups in total. The van der Waals surface area contributed by atoms with Crippen LogP contribution >= 0.6 is 0 Å². The second kappa shape index (κ2) is 5.66. The Morgan fingerprint density at radius 2 is 1.86 bits per heavy atom. The Hall–Kier alpha value is -2.20. The first kappa shape index (κ1) is 13.8. The molecule has 1 atom stereocenters. The first-order valence-corrected chi connectivity index (χ1v) is 7.14. The topological polar surface area (TPSA) is 43.8 Å². The molecule has 3 nitrogen and oxygen atoms in total. The van der Waals surface area contributed by atoms with E-state index in [9.17, 15) is 4.39 Å². The molecule has 3 aromatic rings. The molecule has 0 aliphatic carbocycles. The van der Waals surface area contributed by atoms with Crippen molar-refractivity contribution in [1.29, 1.82) is 0 Å². The number of nitrogens with two attached hydrogens (primary N) is 1. The molecular formula is C17H18FN3. The largest absolute Gasteiger partial charge is 0.324 e. The number of rotatable bonds is 4. The van der Waals surface area contributed by atoms with Gasteiger partial charge in [0.1, 0.15) is 5.82 Å². The van der Waals surface area contributed by atoms with Gasteiger partial charge in [-0.2, -0.15) is 5.10 Å². The summed E-state index contributed by atoms with van der Waals surface area (Å²) in [7, 11) is 0. The molecule has 0 fully saturated rings. The van der Waals surface area contributed by atoms with Gasteiger partial charge in [0.25, 0.3) is 0 Å². The van der Waals surface area contributed by atoms with Gasteiger partial charge in [0, 0.05) is 24.4 Å².